The van der Waals surface area contributed by atoms with Gasteiger partial charge in [-0.2, -0.15) is 0 Å². The van der Waals surface area contributed by atoms with Crippen LogP contribution >= 0.6 is 0 Å². The molecule has 0 radical (unpaired) electrons. The van der Waals surface area contributed by atoms with Crippen molar-refractivity contribution in [3.8, 4) is 0 Å². The lowest BCUT2D eigenvalue weighted by Gasteiger charge is -2.25. The zero-order chi connectivity index (χ0) is 28.7. The number of nitrogens with one attached hydrogen (secondary N) is 3. The second-order valence-electron chi connectivity index (χ2n) is 8.74. The molecule has 210 valence electrons. The molecule has 4 unspecified atom stereocenters. The van der Waals surface area contributed by atoms with E-state index in [0.29, 0.717) is 0 Å². The van der Waals surface area contributed by atoms with E-state index in [4.69, 9.17) is 27.4 Å². The third-order valence-corrected chi connectivity index (χ3v) is 4.91. The molecule has 0 saturated carbocycles. The minimum Gasteiger partial charge on any atom is -0.481 e. The quantitative estimate of drug-likeness (QED) is 0.0495. The molecule has 0 aliphatic carbocycles. The van der Waals surface area contributed by atoms with Crippen molar-refractivity contribution in [2.45, 2.75) is 76.5 Å². The van der Waals surface area contributed by atoms with Crippen molar-refractivity contribution in [2.75, 3.05) is 6.54 Å². The van der Waals surface area contributed by atoms with Gasteiger partial charge in [0.2, 0.25) is 17.7 Å². The molecular weight excluding hydrogens is 494 g/mol. The second-order valence-corrected chi connectivity index (χ2v) is 8.74. The van der Waals surface area contributed by atoms with E-state index >= 15 is 0 Å². The average molecular weight is 532 g/mol. The maximum Gasteiger partial charge on any atom is 0.326 e. The fourth-order valence-corrected chi connectivity index (χ4v) is 3.11. The fourth-order valence-electron chi connectivity index (χ4n) is 3.11. The molecule has 0 heterocycles. The SMILES string of the molecule is CC(C)CC(NC(=O)C(CCC(=O)O)NC(=O)C(CCCN=C(N)N)NC(=O)C(N)CC(=O)O)C(=O)O. The van der Waals surface area contributed by atoms with Crippen molar-refractivity contribution < 1.29 is 44.1 Å². The molecule has 0 rings (SSSR count). The second kappa shape index (κ2) is 16.7. The molecule has 0 spiro atoms. The summed E-state index contributed by atoms with van der Waals surface area (Å²) in [4.78, 5) is 75.3. The molecule has 0 aliphatic rings. The van der Waals surface area contributed by atoms with E-state index in [1.807, 2.05) is 0 Å². The molecule has 0 aromatic heterocycles. The average Bonchev–Trinajstić information content (AvgIpc) is 2.76. The summed E-state index contributed by atoms with van der Waals surface area (Å²) in [5.74, 6) is -6.96. The largest absolute Gasteiger partial charge is 0.481 e. The van der Waals surface area contributed by atoms with Crippen LogP contribution in [0.2, 0.25) is 0 Å². The molecule has 0 aromatic rings. The highest BCUT2D eigenvalue weighted by Gasteiger charge is 2.31. The van der Waals surface area contributed by atoms with Crippen LogP contribution in [0.4, 0.5) is 0 Å². The molecule has 0 fully saturated rings. The summed E-state index contributed by atoms with van der Waals surface area (Å²) in [5.41, 5.74) is 16.1. The number of nitrogens with two attached hydrogens (primary N) is 3. The standard InChI is InChI=1S/C21H37N7O9/c1-10(2)8-14(20(36)37)28-19(35)13(5-6-15(29)30)27-18(34)12(4-3-7-25-21(23)24)26-17(33)11(22)9-16(31)32/h10-14H,3-9,22H2,1-2H3,(H,26,33)(H,27,34)(H,28,35)(H,29,30)(H,31,32)(H,36,37)(H4,23,24,25). The van der Waals surface area contributed by atoms with Crippen molar-refractivity contribution in [3.05, 3.63) is 0 Å². The first-order chi connectivity index (χ1) is 17.1. The molecule has 3 amide bonds. The number of carboxylic acid groups (broad SMARTS) is 3. The Kier molecular flexibility index (Phi) is 14.9. The van der Waals surface area contributed by atoms with E-state index in [-0.39, 0.29) is 44.1 Å². The Bertz CT molecular complexity index is 859. The van der Waals surface area contributed by atoms with Gasteiger partial charge in [-0.05, 0) is 31.6 Å². The van der Waals surface area contributed by atoms with Crippen LogP contribution < -0.4 is 33.2 Å². The molecule has 16 heteroatoms. The number of nitrogens with zero attached hydrogens (tertiary/aromatic N) is 1. The van der Waals surface area contributed by atoms with Crippen LogP contribution in [0, 0.1) is 5.92 Å². The highest BCUT2D eigenvalue weighted by Crippen LogP contribution is 2.08. The van der Waals surface area contributed by atoms with Crippen molar-refractivity contribution in [1.29, 1.82) is 0 Å². The first-order valence-electron chi connectivity index (χ1n) is 11.5. The number of carbonyl (C=O) groups excluding carboxylic acids is 3. The lowest BCUT2D eigenvalue weighted by molar-refractivity contribution is -0.143. The van der Waals surface area contributed by atoms with Gasteiger partial charge in [0.1, 0.15) is 18.1 Å². The van der Waals surface area contributed by atoms with E-state index in [0.717, 1.165) is 0 Å². The number of carbonyl (C=O) groups is 6. The molecule has 0 aliphatic heterocycles. The van der Waals surface area contributed by atoms with Gasteiger partial charge in [0.25, 0.3) is 0 Å². The van der Waals surface area contributed by atoms with Gasteiger partial charge in [0.15, 0.2) is 5.96 Å². The molecule has 0 bridgehead atoms. The number of hydrogen-bond donors (Lipinski definition) is 9. The Morgan fingerprint density at radius 1 is 0.784 bits per heavy atom. The van der Waals surface area contributed by atoms with Crippen LogP contribution in [0.3, 0.4) is 0 Å². The molecule has 0 aromatic carbocycles. The fraction of sp³-hybridized carbons (Fsp3) is 0.667. The lowest BCUT2D eigenvalue weighted by Crippen LogP contribution is -2.57. The molecule has 16 nitrogen and oxygen atoms in total. The van der Waals surface area contributed by atoms with Gasteiger partial charge in [-0.15, -0.1) is 0 Å². The predicted molar refractivity (Wildman–Crippen MR) is 130 cm³/mol. The van der Waals surface area contributed by atoms with Gasteiger partial charge in [0.05, 0.1) is 12.5 Å². The lowest BCUT2D eigenvalue weighted by atomic mass is 10.0. The Hall–Kier alpha value is -3.95. The Balaban J connectivity index is 5.71. The van der Waals surface area contributed by atoms with Gasteiger partial charge in [0, 0.05) is 13.0 Å². The number of hydrogen-bond acceptors (Lipinski definition) is 8. The normalized spacial score (nSPS) is 13.9. The van der Waals surface area contributed by atoms with E-state index in [2.05, 4.69) is 20.9 Å². The maximum atomic E-state index is 13.0. The van der Waals surface area contributed by atoms with Crippen molar-refractivity contribution in [2.24, 2.45) is 28.1 Å². The number of rotatable bonds is 18. The Labute approximate surface area is 213 Å². The molecule has 4 atom stereocenters. The highest BCUT2D eigenvalue weighted by atomic mass is 16.4. The van der Waals surface area contributed by atoms with Crippen LogP contribution in [0.1, 0.15) is 52.4 Å². The molecule has 12 N–H and O–H groups in total. The van der Waals surface area contributed by atoms with Gasteiger partial charge in [-0.25, -0.2) is 4.79 Å². The van der Waals surface area contributed by atoms with Crippen LogP contribution in [0.25, 0.3) is 0 Å². The van der Waals surface area contributed by atoms with Crippen molar-refractivity contribution >= 4 is 41.6 Å². The van der Waals surface area contributed by atoms with Crippen molar-refractivity contribution in [3.63, 3.8) is 0 Å². The van der Waals surface area contributed by atoms with E-state index < -0.39 is 72.6 Å². The number of carboxylic acids is 3. The van der Waals surface area contributed by atoms with Crippen LogP contribution in [0.5, 0.6) is 0 Å². The Morgan fingerprint density at radius 3 is 1.76 bits per heavy atom. The van der Waals surface area contributed by atoms with Gasteiger partial charge in [-0.3, -0.25) is 29.0 Å². The summed E-state index contributed by atoms with van der Waals surface area (Å²) in [7, 11) is 0. The summed E-state index contributed by atoms with van der Waals surface area (Å²) in [5, 5.41) is 34.2. The van der Waals surface area contributed by atoms with Crippen LogP contribution in [-0.2, 0) is 28.8 Å². The Morgan fingerprint density at radius 2 is 1.30 bits per heavy atom. The topological polar surface area (TPSA) is 290 Å². The monoisotopic (exact) mass is 531 g/mol. The third-order valence-electron chi connectivity index (χ3n) is 4.91. The summed E-state index contributed by atoms with van der Waals surface area (Å²) >= 11 is 0. The number of aliphatic carboxylic acids is 3. The first kappa shape index (κ1) is 33.0. The van der Waals surface area contributed by atoms with Crippen LogP contribution in [-0.4, -0.2) is 87.6 Å². The van der Waals surface area contributed by atoms with Gasteiger partial charge < -0.3 is 48.5 Å². The summed E-state index contributed by atoms with van der Waals surface area (Å²) in [6.07, 6.45) is -1.37. The van der Waals surface area contributed by atoms with E-state index in [1.54, 1.807) is 13.8 Å². The van der Waals surface area contributed by atoms with Gasteiger partial charge >= 0.3 is 17.9 Å². The summed E-state index contributed by atoms with van der Waals surface area (Å²) in [6, 6.07) is -5.50. The zero-order valence-electron chi connectivity index (χ0n) is 20.8. The molecule has 37 heavy (non-hydrogen) atoms. The first-order valence-corrected chi connectivity index (χ1v) is 11.5. The summed E-state index contributed by atoms with van der Waals surface area (Å²) < 4.78 is 0. The highest BCUT2D eigenvalue weighted by molar-refractivity contribution is 5.94. The maximum absolute atomic E-state index is 13.0. The van der Waals surface area contributed by atoms with E-state index in [1.165, 1.54) is 0 Å². The van der Waals surface area contributed by atoms with Crippen LogP contribution in [0.15, 0.2) is 4.99 Å². The minimum absolute atomic E-state index is 0.0491. The predicted octanol–water partition coefficient (Wildman–Crippen LogP) is -2.71. The van der Waals surface area contributed by atoms with Crippen molar-refractivity contribution in [1.82, 2.24) is 16.0 Å². The molecular formula is C21H37N7O9. The smallest absolute Gasteiger partial charge is 0.326 e. The molecule has 0 saturated heterocycles. The van der Waals surface area contributed by atoms with E-state index in [9.17, 15) is 33.9 Å². The number of guanidine groups is 1. The number of aliphatic imine (C=N–C) groups is 1. The minimum atomic E-state index is -1.47. The summed E-state index contributed by atoms with van der Waals surface area (Å²) in [6.45, 7) is 3.58. The number of amides is 3. The third kappa shape index (κ3) is 14.9. The van der Waals surface area contributed by atoms with Gasteiger partial charge in [-0.1, -0.05) is 13.8 Å². The zero-order valence-corrected chi connectivity index (χ0v) is 20.8.